The highest BCUT2D eigenvalue weighted by molar-refractivity contribution is 7.51. The van der Waals surface area contributed by atoms with Crippen molar-refractivity contribution in [3.63, 3.8) is 0 Å². The maximum atomic E-state index is 15.3. The van der Waals surface area contributed by atoms with Gasteiger partial charge in [-0.25, -0.2) is 18.8 Å². The zero-order valence-electron chi connectivity index (χ0n) is 28.7. The predicted molar refractivity (Wildman–Crippen MR) is 190 cm³/mol. The maximum absolute atomic E-state index is 15.3. The van der Waals surface area contributed by atoms with Gasteiger partial charge in [0.25, 0.3) is 5.56 Å². The van der Waals surface area contributed by atoms with Gasteiger partial charge >= 0.3 is 13.4 Å². The highest BCUT2D eigenvalue weighted by atomic mass is 31.2. The molecule has 1 aliphatic heterocycles. The van der Waals surface area contributed by atoms with Gasteiger partial charge in [-0.2, -0.15) is 0 Å². The standard InChI is InChI=1S/C35H52FN4O8P/c1-4-5-6-7-8-9-10-11-12-13-14-15-16-17-18-19-20-21-22-23-30(41)37-25-26-38-49(45,46-3)47-28-29-32(43)35(2,36)33(48-29)40-27-24-31(42)39-34(40)44/h5-6,8-9,11-12,14-15,17-18,20-21,24,27,29,32-33,43H,4,7,10,13,16,19,22-23,25-26,28H2,1-3H3,(H,37,41)(H,38,45)(H,39,42,44)/b6-5-,9-8-,12-11-,15-14-,18-17-,21-20-/t29-,32-,33-,35-,49?/m1/s1. The van der Waals surface area contributed by atoms with E-state index in [0.29, 0.717) is 12.8 Å². The lowest BCUT2D eigenvalue weighted by Gasteiger charge is -2.24. The number of rotatable bonds is 23. The van der Waals surface area contributed by atoms with Crippen LogP contribution in [0.2, 0.25) is 0 Å². The van der Waals surface area contributed by atoms with Gasteiger partial charge in [0.1, 0.15) is 12.2 Å². The molecule has 1 unspecified atom stereocenters. The normalized spacial score (nSPS) is 22.9. The van der Waals surface area contributed by atoms with Crippen molar-refractivity contribution in [2.45, 2.75) is 89.3 Å². The molecule has 0 aliphatic carbocycles. The first-order valence-corrected chi connectivity index (χ1v) is 18.1. The fraction of sp³-hybridized carbons (Fsp3) is 0.514. The molecule has 0 aromatic carbocycles. The average Bonchev–Trinajstić information content (AvgIpc) is 3.30. The zero-order chi connectivity index (χ0) is 36.0. The number of aromatic nitrogens is 2. The molecular formula is C35H52FN4O8P. The Kier molecular flexibility index (Phi) is 19.6. The van der Waals surface area contributed by atoms with Crippen LogP contribution in [0.25, 0.3) is 0 Å². The molecular weight excluding hydrogens is 654 g/mol. The summed E-state index contributed by atoms with van der Waals surface area (Å²) in [5, 5.41) is 15.8. The predicted octanol–water partition coefficient (Wildman–Crippen LogP) is 5.48. The van der Waals surface area contributed by atoms with Crippen LogP contribution in [0, 0.1) is 0 Å². The van der Waals surface area contributed by atoms with Crippen LogP contribution in [0.15, 0.2) is 94.8 Å². The highest BCUT2D eigenvalue weighted by Gasteiger charge is 2.55. The lowest BCUT2D eigenvalue weighted by molar-refractivity contribution is -0.120. The number of amides is 1. The van der Waals surface area contributed by atoms with Crippen molar-refractivity contribution in [2.75, 3.05) is 26.8 Å². The molecule has 12 nitrogen and oxygen atoms in total. The third-order valence-electron chi connectivity index (χ3n) is 7.36. The van der Waals surface area contributed by atoms with Crippen LogP contribution >= 0.6 is 7.75 Å². The molecule has 0 spiro atoms. The Hall–Kier alpha value is -3.45. The monoisotopic (exact) mass is 706 g/mol. The molecule has 272 valence electrons. The maximum Gasteiger partial charge on any atom is 0.405 e. The van der Waals surface area contributed by atoms with Gasteiger partial charge in [-0.15, -0.1) is 0 Å². The molecule has 0 radical (unpaired) electrons. The quantitative estimate of drug-likeness (QED) is 0.0657. The van der Waals surface area contributed by atoms with Gasteiger partial charge in [0.05, 0.1) is 6.61 Å². The third kappa shape index (κ3) is 15.8. The fourth-order valence-electron chi connectivity index (χ4n) is 4.63. The Balaban J connectivity index is 1.58. The number of alkyl halides is 1. The first kappa shape index (κ1) is 41.7. The van der Waals surface area contributed by atoms with Gasteiger partial charge in [-0.05, 0) is 51.9 Å². The molecule has 1 aliphatic rings. The first-order valence-electron chi connectivity index (χ1n) is 16.6. The SMILES string of the molecule is CC/C=C\C/C=C\C/C=C\C/C=C\C/C=C\C/C=C\CCC(=O)NCCNP(=O)(OC)OC[C@H]1O[C@@H](n2ccc(=O)[nH]c2=O)[C@](C)(F)[C@@H]1O. The third-order valence-corrected chi connectivity index (χ3v) is 8.94. The Bertz CT molecular complexity index is 1480. The molecule has 14 heteroatoms. The van der Waals surface area contributed by atoms with Crippen LogP contribution in [0.5, 0.6) is 0 Å². The zero-order valence-corrected chi connectivity index (χ0v) is 29.6. The number of aromatic amines is 1. The summed E-state index contributed by atoms with van der Waals surface area (Å²) in [6, 6.07) is 1.02. The van der Waals surface area contributed by atoms with Crippen molar-refractivity contribution in [3.8, 4) is 0 Å². The second-order valence-corrected chi connectivity index (χ2v) is 13.3. The van der Waals surface area contributed by atoms with E-state index >= 15 is 4.39 Å². The van der Waals surface area contributed by atoms with Crippen LogP contribution in [0.3, 0.4) is 0 Å². The molecule has 2 rings (SSSR count). The van der Waals surface area contributed by atoms with Crippen molar-refractivity contribution in [3.05, 3.63) is 106 Å². The van der Waals surface area contributed by atoms with E-state index < -0.39 is 49.7 Å². The van der Waals surface area contributed by atoms with Crippen molar-refractivity contribution >= 4 is 13.7 Å². The van der Waals surface area contributed by atoms with Crippen LogP contribution in [0.1, 0.15) is 71.4 Å². The molecule has 4 N–H and O–H groups in total. The summed E-state index contributed by atoms with van der Waals surface area (Å²) in [7, 11) is -2.76. The summed E-state index contributed by atoms with van der Waals surface area (Å²) in [5.41, 5.74) is -4.03. The van der Waals surface area contributed by atoms with Crippen LogP contribution in [-0.4, -0.2) is 65.2 Å². The lowest BCUT2D eigenvalue weighted by Crippen LogP contribution is -2.43. The van der Waals surface area contributed by atoms with Gasteiger partial charge < -0.3 is 19.7 Å². The molecule has 0 saturated carbocycles. The lowest BCUT2D eigenvalue weighted by atomic mass is 9.98. The molecule has 5 atom stereocenters. The number of aliphatic hydroxyl groups is 1. The summed E-state index contributed by atoms with van der Waals surface area (Å²) in [6.07, 6.45) is 28.4. The topological polar surface area (TPSA) is 161 Å². The number of nitrogens with one attached hydrogen (secondary N) is 3. The number of carbonyl (C=O) groups is 1. The van der Waals surface area contributed by atoms with E-state index in [9.17, 15) is 24.1 Å². The van der Waals surface area contributed by atoms with Crippen molar-refractivity contribution in [2.24, 2.45) is 0 Å². The van der Waals surface area contributed by atoms with Gasteiger partial charge in [0.2, 0.25) is 5.91 Å². The second-order valence-electron chi connectivity index (χ2n) is 11.3. The van der Waals surface area contributed by atoms with Crippen LogP contribution < -0.4 is 21.7 Å². The summed E-state index contributed by atoms with van der Waals surface area (Å²) in [5.74, 6) is -0.178. The van der Waals surface area contributed by atoms with E-state index in [1.165, 1.54) is 0 Å². The Morgan fingerprint density at radius 2 is 1.55 bits per heavy atom. The minimum Gasteiger partial charge on any atom is -0.387 e. The highest BCUT2D eigenvalue weighted by Crippen LogP contribution is 2.45. The number of H-pyrrole nitrogens is 1. The van der Waals surface area contributed by atoms with E-state index in [1.807, 2.05) is 17.1 Å². The number of ether oxygens (including phenoxy) is 1. The number of aliphatic hydroxyl groups excluding tert-OH is 1. The Morgan fingerprint density at radius 3 is 2.08 bits per heavy atom. The van der Waals surface area contributed by atoms with Crippen molar-refractivity contribution in [1.82, 2.24) is 20.0 Å². The van der Waals surface area contributed by atoms with E-state index in [-0.39, 0.29) is 19.0 Å². The van der Waals surface area contributed by atoms with E-state index in [4.69, 9.17) is 13.8 Å². The number of hydrogen-bond donors (Lipinski definition) is 4. The van der Waals surface area contributed by atoms with E-state index in [2.05, 4.69) is 78.1 Å². The molecule has 1 amide bonds. The smallest absolute Gasteiger partial charge is 0.387 e. The number of carbonyl (C=O) groups excluding carboxylic acids is 1. The van der Waals surface area contributed by atoms with Crippen molar-refractivity contribution < 1.29 is 32.6 Å². The Labute approximate surface area is 288 Å². The summed E-state index contributed by atoms with van der Waals surface area (Å²) < 4.78 is 44.9. The molecule has 1 aromatic heterocycles. The molecule has 1 saturated heterocycles. The van der Waals surface area contributed by atoms with Gasteiger partial charge in [-0.3, -0.25) is 23.7 Å². The molecule has 1 fully saturated rings. The molecule has 49 heavy (non-hydrogen) atoms. The summed E-state index contributed by atoms with van der Waals surface area (Å²) in [4.78, 5) is 37.6. The van der Waals surface area contributed by atoms with Crippen molar-refractivity contribution in [1.29, 1.82) is 0 Å². The minimum atomic E-state index is -3.91. The van der Waals surface area contributed by atoms with Gasteiger partial charge in [-0.1, -0.05) is 79.8 Å². The number of halogens is 1. The minimum absolute atomic E-state index is 0.0427. The number of allylic oxidation sites excluding steroid dienone is 12. The van der Waals surface area contributed by atoms with E-state index in [0.717, 1.165) is 69.4 Å². The summed E-state index contributed by atoms with van der Waals surface area (Å²) in [6.45, 7) is 2.82. The fourth-order valence-corrected chi connectivity index (χ4v) is 5.69. The van der Waals surface area contributed by atoms with Crippen LogP contribution in [0.4, 0.5) is 4.39 Å². The molecule has 2 heterocycles. The second kappa shape index (κ2) is 23.0. The number of nitrogens with zero attached hydrogens (tertiary/aromatic N) is 1. The number of hydrogen-bond acceptors (Lipinski definition) is 8. The average molecular weight is 707 g/mol. The molecule has 0 bridgehead atoms. The first-order chi connectivity index (χ1) is 23.5. The van der Waals surface area contributed by atoms with Gasteiger partial charge in [0, 0.05) is 38.9 Å². The largest absolute Gasteiger partial charge is 0.405 e. The van der Waals surface area contributed by atoms with Crippen LogP contribution in [-0.2, 0) is 23.1 Å². The Morgan fingerprint density at radius 1 is 1.00 bits per heavy atom. The van der Waals surface area contributed by atoms with Gasteiger partial charge in [0.15, 0.2) is 11.9 Å². The van der Waals surface area contributed by atoms with E-state index in [1.54, 1.807) is 0 Å². The summed E-state index contributed by atoms with van der Waals surface area (Å²) >= 11 is 0. The molecule has 1 aromatic rings.